The van der Waals surface area contributed by atoms with E-state index in [0.29, 0.717) is 17.5 Å². The lowest BCUT2D eigenvalue weighted by Crippen LogP contribution is -2.22. The minimum absolute atomic E-state index is 0.102. The van der Waals surface area contributed by atoms with Gasteiger partial charge < -0.3 is 9.15 Å². The topological polar surface area (TPSA) is 61.0 Å². The molecule has 2 aliphatic rings. The maximum absolute atomic E-state index is 6.71. The highest BCUT2D eigenvalue weighted by Gasteiger charge is 2.40. The van der Waals surface area contributed by atoms with Crippen LogP contribution in [0.1, 0.15) is 22.9 Å². The van der Waals surface area contributed by atoms with Crippen LogP contribution in [0.3, 0.4) is 0 Å². The number of hydrogen-bond donors (Lipinski definition) is 0. The summed E-state index contributed by atoms with van der Waals surface area (Å²) >= 11 is 0. The summed E-state index contributed by atoms with van der Waals surface area (Å²) in [5.74, 6) is 2.62. The monoisotopic (exact) mass is 743 g/mol. The van der Waals surface area contributed by atoms with Gasteiger partial charge in [0.1, 0.15) is 23.0 Å². The first kappa shape index (κ1) is 32.6. The maximum atomic E-state index is 6.71. The molecule has 0 fully saturated rings. The minimum atomic E-state index is -0.233. The molecule has 2 unspecified atom stereocenters. The molecule has 3 heterocycles. The van der Waals surface area contributed by atoms with Crippen molar-refractivity contribution in [1.29, 1.82) is 0 Å². The molecule has 0 spiro atoms. The van der Waals surface area contributed by atoms with E-state index in [2.05, 4.69) is 152 Å². The second-order valence-electron chi connectivity index (χ2n) is 15.1. The van der Waals surface area contributed by atoms with Crippen LogP contribution in [0, 0.1) is 0 Å². The quantitative estimate of drug-likeness (QED) is 0.176. The molecule has 0 radical (unpaired) electrons. The zero-order valence-electron chi connectivity index (χ0n) is 31.2. The molecule has 0 bridgehead atoms. The summed E-state index contributed by atoms with van der Waals surface area (Å²) < 4.78 is 12.9. The number of fused-ring (bicyclic) bond motifs is 8. The number of benzene rings is 8. The van der Waals surface area contributed by atoms with Crippen molar-refractivity contribution in [2.45, 2.75) is 12.0 Å². The summed E-state index contributed by atoms with van der Waals surface area (Å²) in [5.41, 5.74) is 10.2. The first-order valence-corrected chi connectivity index (χ1v) is 19.7. The van der Waals surface area contributed by atoms with Crippen LogP contribution in [0.4, 0.5) is 0 Å². The summed E-state index contributed by atoms with van der Waals surface area (Å²) in [5, 5.41) is 6.84. The molecule has 2 aromatic heterocycles. The molecule has 0 amide bonds. The Bertz CT molecular complexity index is 3330. The van der Waals surface area contributed by atoms with Gasteiger partial charge in [0.2, 0.25) is 0 Å². The molecule has 0 saturated carbocycles. The zero-order chi connectivity index (χ0) is 38.2. The molecule has 5 heteroatoms. The molecule has 5 nitrogen and oxygen atoms in total. The van der Waals surface area contributed by atoms with Gasteiger partial charge >= 0.3 is 0 Å². The Hall–Kier alpha value is -7.63. The molecule has 0 saturated heterocycles. The number of aromatic nitrogens is 3. The Morgan fingerprint density at radius 2 is 1.07 bits per heavy atom. The molecular formula is C53H33N3O2. The Balaban J connectivity index is 1.03. The highest BCUT2D eigenvalue weighted by atomic mass is 16.5. The summed E-state index contributed by atoms with van der Waals surface area (Å²) in [6.45, 7) is 0. The lowest BCUT2D eigenvalue weighted by atomic mass is 9.80. The van der Waals surface area contributed by atoms with E-state index in [4.69, 9.17) is 24.1 Å². The van der Waals surface area contributed by atoms with Crippen LogP contribution in [-0.4, -0.2) is 21.1 Å². The van der Waals surface area contributed by atoms with Gasteiger partial charge in [0.05, 0.1) is 5.92 Å². The lowest BCUT2D eigenvalue weighted by Gasteiger charge is -2.25. The number of furan rings is 1. The third kappa shape index (κ3) is 5.35. The summed E-state index contributed by atoms with van der Waals surface area (Å²) in [6, 6.07) is 61.4. The highest BCUT2D eigenvalue weighted by molar-refractivity contribution is 6.06. The van der Waals surface area contributed by atoms with Crippen molar-refractivity contribution in [1.82, 2.24) is 15.0 Å². The third-order valence-electron chi connectivity index (χ3n) is 11.7. The number of rotatable bonds is 5. The molecule has 58 heavy (non-hydrogen) atoms. The van der Waals surface area contributed by atoms with Gasteiger partial charge in [-0.1, -0.05) is 140 Å². The average Bonchev–Trinajstić information content (AvgIpc) is 3.86. The Labute approximate surface area is 334 Å². The molecule has 12 rings (SSSR count). The number of allylic oxidation sites excluding steroid dienone is 2. The fourth-order valence-corrected chi connectivity index (χ4v) is 8.85. The van der Waals surface area contributed by atoms with E-state index < -0.39 is 0 Å². The number of ether oxygens (including phenoxy) is 1. The molecule has 1 aliphatic heterocycles. The SMILES string of the molecule is C1=C(c2ccc(-c3cccc4ccccc34)cc2)C=C(c2nc(-c3ccc4ccccc4c3)nc(-c3ccc4oc5ccccc5c4c3)n2)C2c3ccccc3OC12. The average molecular weight is 744 g/mol. The molecule has 1 aliphatic carbocycles. The summed E-state index contributed by atoms with van der Waals surface area (Å²) in [6.07, 6.45) is 4.28. The smallest absolute Gasteiger partial charge is 0.164 e. The second kappa shape index (κ2) is 13.0. The van der Waals surface area contributed by atoms with Crippen molar-refractivity contribution >= 4 is 54.6 Å². The van der Waals surface area contributed by atoms with Gasteiger partial charge in [-0.25, -0.2) is 15.0 Å². The molecular weight excluding hydrogens is 711 g/mol. The van der Waals surface area contributed by atoms with Gasteiger partial charge in [-0.05, 0) is 92.4 Å². The Morgan fingerprint density at radius 3 is 1.95 bits per heavy atom. The molecule has 2 atom stereocenters. The van der Waals surface area contributed by atoms with Crippen molar-refractivity contribution in [3.8, 4) is 39.7 Å². The number of nitrogens with zero attached hydrogens (tertiary/aromatic N) is 3. The van der Waals surface area contributed by atoms with Crippen molar-refractivity contribution in [3.63, 3.8) is 0 Å². The van der Waals surface area contributed by atoms with Crippen LogP contribution < -0.4 is 4.74 Å². The van der Waals surface area contributed by atoms with Gasteiger partial charge in [-0.15, -0.1) is 0 Å². The third-order valence-corrected chi connectivity index (χ3v) is 11.7. The first-order chi connectivity index (χ1) is 28.7. The number of hydrogen-bond acceptors (Lipinski definition) is 5. The van der Waals surface area contributed by atoms with Gasteiger partial charge in [0.25, 0.3) is 0 Å². The Morgan fingerprint density at radius 1 is 0.431 bits per heavy atom. The fraction of sp³-hybridized carbons (Fsp3) is 0.0377. The van der Waals surface area contributed by atoms with E-state index in [1.54, 1.807) is 0 Å². The van der Waals surface area contributed by atoms with Crippen molar-refractivity contribution in [3.05, 3.63) is 205 Å². The van der Waals surface area contributed by atoms with E-state index in [1.807, 2.05) is 36.4 Å². The van der Waals surface area contributed by atoms with Crippen molar-refractivity contribution < 1.29 is 9.15 Å². The maximum Gasteiger partial charge on any atom is 0.164 e. The fourth-order valence-electron chi connectivity index (χ4n) is 8.85. The predicted octanol–water partition coefficient (Wildman–Crippen LogP) is 13.1. The summed E-state index contributed by atoms with van der Waals surface area (Å²) in [7, 11) is 0. The van der Waals surface area contributed by atoms with Crippen molar-refractivity contribution in [2.24, 2.45) is 0 Å². The van der Waals surface area contributed by atoms with E-state index in [9.17, 15) is 0 Å². The van der Waals surface area contributed by atoms with Crippen molar-refractivity contribution in [2.75, 3.05) is 0 Å². The van der Waals surface area contributed by atoms with Crippen LogP contribution in [0.2, 0.25) is 0 Å². The minimum Gasteiger partial charge on any atom is -0.485 e. The van der Waals surface area contributed by atoms with Gasteiger partial charge in [0.15, 0.2) is 17.5 Å². The molecule has 272 valence electrons. The van der Waals surface area contributed by atoms with E-state index in [1.165, 1.54) is 21.9 Å². The Kier molecular flexibility index (Phi) is 7.29. The van der Waals surface area contributed by atoms with Crippen LogP contribution in [0.5, 0.6) is 5.75 Å². The lowest BCUT2D eigenvalue weighted by molar-refractivity contribution is 0.272. The van der Waals surface area contributed by atoms with Crippen LogP contribution in [0.15, 0.2) is 192 Å². The van der Waals surface area contributed by atoms with Gasteiger partial charge in [-0.2, -0.15) is 0 Å². The molecule has 0 N–H and O–H groups in total. The number of para-hydroxylation sites is 2. The highest BCUT2D eigenvalue weighted by Crippen LogP contribution is 2.50. The van der Waals surface area contributed by atoms with Gasteiger partial charge in [0, 0.05) is 33.0 Å². The van der Waals surface area contributed by atoms with E-state index in [-0.39, 0.29) is 12.0 Å². The second-order valence-corrected chi connectivity index (χ2v) is 15.1. The standard InChI is InChI=1S/C53H33N3O2/c1-2-12-36-28-37(25-22-32(36)10-1)51-54-52(38-26-27-48-44(29-38)42-15-5-7-18-46(42)57-48)56-53(55-51)45-30-39(31-49-50(45)43-16-6-8-19-47(43)58-49)33-20-23-35(24-21-33)41-17-9-13-34-11-3-4-14-40(34)41/h1-31,49-50H. The zero-order valence-corrected chi connectivity index (χ0v) is 31.2. The summed E-state index contributed by atoms with van der Waals surface area (Å²) in [4.78, 5) is 15.8. The predicted molar refractivity (Wildman–Crippen MR) is 234 cm³/mol. The molecule has 8 aromatic carbocycles. The normalized spacial score (nSPS) is 15.9. The molecule has 10 aromatic rings. The van der Waals surface area contributed by atoms with Crippen LogP contribution >= 0.6 is 0 Å². The first-order valence-electron chi connectivity index (χ1n) is 19.7. The van der Waals surface area contributed by atoms with Crippen LogP contribution in [0.25, 0.3) is 88.5 Å². The largest absolute Gasteiger partial charge is 0.485 e. The van der Waals surface area contributed by atoms with E-state index >= 15 is 0 Å². The van der Waals surface area contributed by atoms with Crippen LogP contribution in [-0.2, 0) is 0 Å². The van der Waals surface area contributed by atoms with Gasteiger partial charge in [-0.3, -0.25) is 0 Å². The van der Waals surface area contributed by atoms with E-state index in [0.717, 1.165) is 71.9 Å².